The molecule has 150 valence electrons. The molecule has 6 heteroatoms. The maximum atomic E-state index is 13.3. The first-order valence-electron chi connectivity index (χ1n) is 9.92. The van der Waals surface area contributed by atoms with Gasteiger partial charge in [0.25, 0.3) is 5.91 Å². The lowest BCUT2D eigenvalue weighted by Crippen LogP contribution is -2.47. The van der Waals surface area contributed by atoms with Gasteiger partial charge in [-0.25, -0.2) is 0 Å². The molecule has 0 N–H and O–H groups in total. The predicted molar refractivity (Wildman–Crippen MR) is 109 cm³/mol. The average molecular weight is 391 g/mol. The van der Waals surface area contributed by atoms with Crippen molar-refractivity contribution in [1.82, 2.24) is 14.4 Å². The Labute approximate surface area is 170 Å². The minimum atomic E-state index is -0.265. The van der Waals surface area contributed by atoms with Crippen LogP contribution in [0.5, 0.6) is 0 Å². The number of aryl methyl sites for hydroxylation is 1. The number of amides is 2. The topological polar surface area (TPSA) is 58.7 Å². The molecule has 6 nitrogen and oxygen atoms in total. The van der Waals surface area contributed by atoms with Gasteiger partial charge >= 0.3 is 0 Å². The van der Waals surface area contributed by atoms with Crippen molar-refractivity contribution < 1.29 is 14.0 Å². The molecule has 3 heterocycles. The fourth-order valence-electron chi connectivity index (χ4n) is 3.98. The molecule has 1 aliphatic heterocycles. The summed E-state index contributed by atoms with van der Waals surface area (Å²) in [6.07, 6.45) is 3.52. The van der Waals surface area contributed by atoms with Crippen molar-refractivity contribution in [3.63, 3.8) is 0 Å². The highest BCUT2D eigenvalue weighted by Gasteiger charge is 2.33. The number of rotatable bonds is 5. The normalized spacial score (nSPS) is 15.8. The first kappa shape index (κ1) is 19.1. The van der Waals surface area contributed by atoms with E-state index in [0.717, 1.165) is 23.4 Å². The largest absolute Gasteiger partial charge is 0.459 e. The molecule has 0 spiro atoms. The number of fused-ring (bicyclic) bond motifs is 1. The zero-order chi connectivity index (χ0) is 20.4. The van der Waals surface area contributed by atoms with E-state index in [-0.39, 0.29) is 30.2 Å². The van der Waals surface area contributed by atoms with Gasteiger partial charge in [0.1, 0.15) is 6.54 Å². The van der Waals surface area contributed by atoms with Crippen LogP contribution >= 0.6 is 0 Å². The maximum Gasteiger partial charge on any atom is 0.290 e. The highest BCUT2D eigenvalue weighted by atomic mass is 16.3. The van der Waals surface area contributed by atoms with Crippen molar-refractivity contribution in [2.24, 2.45) is 0 Å². The van der Waals surface area contributed by atoms with Crippen molar-refractivity contribution in [2.75, 3.05) is 19.6 Å². The van der Waals surface area contributed by atoms with Gasteiger partial charge in [-0.15, -0.1) is 0 Å². The Morgan fingerprint density at radius 2 is 2.00 bits per heavy atom. The Morgan fingerprint density at radius 3 is 2.72 bits per heavy atom. The molecular weight excluding hydrogens is 366 g/mol. The van der Waals surface area contributed by atoms with Gasteiger partial charge in [0.05, 0.1) is 12.3 Å². The van der Waals surface area contributed by atoms with Crippen LogP contribution in [0.2, 0.25) is 0 Å². The summed E-state index contributed by atoms with van der Waals surface area (Å²) in [5.74, 6) is -0.0774. The first-order chi connectivity index (χ1) is 14.1. The summed E-state index contributed by atoms with van der Waals surface area (Å²) in [7, 11) is 0. The lowest BCUT2D eigenvalue weighted by Gasteiger charge is -2.38. The number of nitrogens with zero attached hydrogens (tertiary/aromatic N) is 3. The average Bonchev–Trinajstić information content (AvgIpc) is 3.42. The van der Waals surface area contributed by atoms with E-state index in [1.807, 2.05) is 24.0 Å². The van der Waals surface area contributed by atoms with E-state index in [2.05, 4.69) is 42.0 Å². The summed E-state index contributed by atoms with van der Waals surface area (Å²) < 4.78 is 7.42. The molecular formula is C23H25N3O3. The number of likely N-dealkylation sites (N-methyl/N-ethyl adjacent to an activating group) is 1. The van der Waals surface area contributed by atoms with E-state index in [0.29, 0.717) is 13.1 Å². The maximum absolute atomic E-state index is 13.3. The fraction of sp³-hybridized carbons (Fsp3) is 0.304. The van der Waals surface area contributed by atoms with E-state index < -0.39 is 0 Å². The van der Waals surface area contributed by atoms with E-state index >= 15 is 0 Å². The predicted octanol–water partition coefficient (Wildman–Crippen LogP) is 3.48. The van der Waals surface area contributed by atoms with Gasteiger partial charge in [-0.1, -0.05) is 29.8 Å². The Hall–Kier alpha value is -3.28. The second-order valence-electron chi connectivity index (χ2n) is 7.33. The van der Waals surface area contributed by atoms with Crippen LogP contribution in [0.3, 0.4) is 0 Å². The number of hydrogen-bond acceptors (Lipinski definition) is 3. The smallest absolute Gasteiger partial charge is 0.290 e. The van der Waals surface area contributed by atoms with E-state index in [1.54, 1.807) is 12.1 Å². The van der Waals surface area contributed by atoms with Gasteiger partial charge in [-0.05, 0) is 43.7 Å². The van der Waals surface area contributed by atoms with Crippen LogP contribution in [0.4, 0.5) is 0 Å². The summed E-state index contributed by atoms with van der Waals surface area (Å²) in [6.45, 7) is 5.73. The Kier molecular flexibility index (Phi) is 5.25. The molecule has 3 aromatic rings. The minimum absolute atomic E-state index is 0.0268. The van der Waals surface area contributed by atoms with Crippen LogP contribution in [0, 0.1) is 6.92 Å². The van der Waals surface area contributed by atoms with E-state index in [4.69, 9.17) is 4.42 Å². The van der Waals surface area contributed by atoms with Crippen LogP contribution in [-0.4, -0.2) is 45.8 Å². The summed E-state index contributed by atoms with van der Waals surface area (Å²) in [6, 6.07) is 15.5. The van der Waals surface area contributed by atoms with E-state index in [9.17, 15) is 9.59 Å². The quantitative estimate of drug-likeness (QED) is 0.669. The summed E-state index contributed by atoms with van der Waals surface area (Å²) in [5.41, 5.74) is 3.33. The fourth-order valence-corrected chi connectivity index (χ4v) is 3.98. The second kappa shape index (κ2) is 7.99. The number of furan rings is 1. The molecule has 0 bridgehead atoms. The molecule has 29 heavy (non-hydrogen) atoms. The molecule has 0 aliphatic carbocycles. The Morgan fingerprint density at radius 1 is 1.14 bits per heavy atom. The highest BCUT2D eigenvalue weighted by Crippen LogP contribution is 2.33. The van der Waals surface area contributed by atoms with Crippen LogP contribution in [0.15, 0.2) is 65.4 Å². The van der Waals surface area contributed by atoms with Gasteiger partial charge in [-0.2, -0.15) is 0 Å². The summed E-state index contributed by atoms with van der Waals surface area (Å²) in [5, 5.41) is 0. The standard InChI is InChI=1S/C23H25N3O3/c1-3-24(23(28)20-10-6-14-29-20)16-21(27)26-13-12-25-11-5-9-19(25)22(26)18-8-4-7-17(2)15-18/h4-11,14-15,22H,3,12-13,16H2,1-2H3/t22-/m1/s1. The van der Waals surface area contributed by atoms with Crippen LogP contribution in [0.1, 0.15) is 40.3 Å². The number of hydrogen-bond donors (Lipinski definition) is 0. The van der Waals surface area contributed by atoms with Crippen LogP contribution < -0.4 is 0 Å². The summed E-state index contributed by atoms with van der Waals surface area (Å²) in [4.78, 5) is 29.4. The lowest BCUT2D eigenvalue weighted by molar-refractivity contribution is -0.134. The van der Waals surface area contributed by atoms with E-state index in [1.165, 1.54) is 11.2 Å². The molecule has 0 radical (unpaired) electrons. The molecule has 4 rings (SSSR count). The Balaban J connectivity index is 1.61. The van der Waals surface area contributed by atoms with Gasteiger partial charge in [0.15, 0.2) is 5.76 Å². The SMILES string of the molecule is CCN(CC(=O)N1CCn2cccc2[C@H]1c1cccc(C)c1)C(=O)c1ccco1. The number of aromatic nitrogens is 1. The molecule has 1 aliphatic rings. The molecule has 2 aromatic heterocycles. The van der Waals surface area contributed by atoms with Crippen molar-refractivity contribution in [3.8, 4) is 0 Å². The summed E-state index contributed by atoms with van der Waals surface area (Å²) >= 11 is 0. The van der Waals surface area contributed by atoms with Crippen molar-refractivity contribution in [1.29, 1.82) is 0 Å². The lowest BCUT2D eigenvalue weighted by atomic mass is 9.98. The monoisotopic (exact) mass is 391 g/mol. The van der Waals surface area contributed by atoms with Crippen molar-refractivity contribution >= 4 is 11.8 Å². The zero-order valence-electron chi connectivity index (χ0n) is 16.7. The molecule has 1 atom stereocenters. The van der Waals surface area contributed by atoms with Gasteiger partial charge < -0.3 is 18.8 Å². The number of benzene rings is 1. The molecule has 0 saturated carbocycles. The number of carbonyl (C=O) groups is 2. The van der Waals surface area contributed by atoms with Crippen molar-refractivity contribution in [2.45, 2.75) is 26.4 Å². The van der Waals surface area contributed by atoms with Crippen LogP contribution in [0.25, 0.3) is 0 Å². The highest BCUT2D eigenvalue weighted by molar-refractivity contribution is 5.94. The Bertz CT molecular complexity index is 1010. The third-order valence-electron chi connectivity index (χ3n) is 5.44. The van der Waals surface area contributed by atoms with Crippen molar-refractivity contribution in [3.05, 3.63) is 83.6 Å². The first-order valence-corrected chi connectivity index (χ1v) is 9.92. The minimum Gasteiger partial charge on any atom is -0.459 e. The van der Waals surface area contributed by atoms with Gasteiger partial charge in [-0.3, -0.25) is 9.59 Å². The van der Waals surface area contributed by atoms with Gasteiger partial charge in [0, 0.05) is 31.5 Å². The van der Waals surface area contributed by atoms with Crippen LogP contribution in [-0.2, 0) is 11.3 Å². The second-order valence-corrected chi connectivity index (χ2v) is 7.33. The zero-order valence-corrected chi connectivity index (χ0v) is 16.7. The molecule has 0 saturated heterocycles. The molecule has 1 aromatic carbocycles. The number of carbonyl (C=O) groups excluding carboxylic acids is 2. The third-order valence-corrected chi connectivity index (χ3v) is 5.44. The molecule has 2 amide bonds. The third kappa shape index (κ3) is 3.70. The molecule has 0 unspecified atom stereocenters. The van der Waals surface area contributed by atoms with Gasteiger partial charge in [0.2, 0.25) is 5.91 Å². The molecule has 0 fully saturated rings.